The van der Waals surface area contributed by atoms with E-state index in [0.717, 1.165) is 22.0 Å². The van der Waals surface area contributed by atoms with Gasteiger partial charge in [0.15, 0.2) is 17.4 Å². The number of benzene rings is 2. The predicted octanol–water partition coefficient (Wildman–Crippen LogP) is 4.65. The summed E-state index contributed by atoms with van der Waals surface area (Å²) in [6.45, 7) is 1.88. The fourth-order valence-corrected chi connectivity index (χ4v) is 3.16. The average molecular weight is 476 g/mol. The van der Waals surface area contributed by atoms with Crippen LogP contribution in [0.2, 0.25) is 0 Å². The summed E-state index contributed by atoms with van der Waals surface area (Å²) in [4.78, 5) is 11.9. The molecule has 4 nitrogen and oxygen atoms in total. The molecule has 1 amide bonds. The van der Waals surface area contributed by atoms with E-state index in [9.17, 15) is 18.0 Å². The van der Waals surface area contributed by atoms with Gasteiger partial charge < -0.3 is 15.8 Å². The van der Waals surface area contributed by atoms with Crippen LogP contribution in [0.1, 0.15) is 28.8 Å². The van der Waals surface area contributed by atoms with Gasteiger partial charge in [-0.05, 0) is 72.0 Å². The summed E-state index contributed by atoms with van der Waals surface area (Å²) in [5, 5.41) is 2.66. The Hall–Kier alpha value is -1.97. The van der Waals surface area contributed by atoms with E-state index in [2.05, 4.69) is 27.9 Å². The number of nitrogens with two attached hydrogens (primary N) is 1. The lowest BCUT2D eigenvalue weighted by molar-refractivity contribution is 0.0995. The summed E-state index contributed by atoms with van der Waals surface area (Å²) in [6, 6.07) is 5.21. The maximum Gasteiger partial charge on any atom is 0.254 e. The minimum absolute atomic E-state index is 0.115. The molecule has 2 aromatic carbocycles. The molecule has 3 rings (SSSR count). The third kappa shape index (κ3) is 3.74. The fourth-order valence-electron chi connectivity index (χ4n) is 2.51. The zero-order valence-electron chi connectivity index (χ0n) is 13.8. The Bertz CT molecular complexity index is 885. The van der Waals surface area contributed by atoms with Crippen molar-refractivity contribution in [1.29, 1.82) is 0 Å². The van der Waals surface area contributed by atoms with Gasteiger partial charge in [-0.1, -0.05) is 0 Å². The van der Waals surface area contributed by atoms with E-state index >= 15 is 0 Å². The number of anilines is 2. The van der Waals surface area contributed by atoms with Gasteiger partial charge in [-0.25, -0.2) is 8.78 Å². The van der Waals surface area contributed by atoms with Crippen molar-refractivity contribution >= 4 is 39.9 Å². The number of carbonyl (C=O) groups excluding carboxylic acids is 1. The SMILES string of the molecule is Cc1cc(I)ccc1Nc1c(F)c(F)c(F)c(OCC2CC2)c1C(N)=O. The van der Waals surface area contributed by atoms with Gasteiger partial charge in [-0.2, -0.15) is 4.39 Å². The third-order valence-electron chi connectivity index (χ3n) is 4.14. The minimum atomic E-state index is -1.72. The molecule has 3 N–H and O–H groups in total. The molecular formula is C18H16F3IN2O2. The first kappa shape index (κ1) is 18.8. The number of hydrogen-bond acceptors (Lipinski definition) is 3. The summed E-state index contributed by atoms with van der Waals surface area (Å²) < 4.78 is 49.0. The van der Waals surface area contributed by atoms with Crippen LogP contribution in [-0.4, -0.2) is 12.5 Å². The van der Waals surface area contributed by atoms with Crippen LogP contribution < -0.4 is 15.8 Å². The molecule has 0 heterocycles. The number of aryl methyl sites for hydroxylation is 1. The maximum atomic E-state index is 14.4. The quantitative estimate of drug-likeness (QED) is 0.472. The Labute approximate surface area is 162 Å². The molecule has 1 saturated carbocycles. The number of hydrogen-bond donors (Lipinski definition) is 2. The van der Waals surface area contributed by atoms with Crippen LogP contribution in [0.5, 0.6) is 5.75 Å². The Morgan fingerprint density at radius 3 is 2.54 bits per heavy atom. The summed E-state index contributed by atoms with van der Waals surface area (Å²) >= 11 is 2.11. The third-order valence-corrected chi connectivity index (χ3v) is 4.81. The van der Waals surface area contributed by atoms with Crippen LogP contribution in [-0.2, 0) is 0 Å². The van der Waals surface area contributed by atoms with Crippen LogP contribution in [0.4, 0.5) is 24.5 Å². The highest BCUT2D eigenvalue weighted by molar-refractivity contribution is 14.1. The van der Waals surface area contributed by atoms with E-state index in [1.807, 2.05) is 6.07 Å². The molecule has 138 valence electrons. The number of rotatable bonds is 6. The Balaban J connectivity index is 2.10. The highest BCUT2D eigenvalue weighted by atomic mass is 127. The van der Waals surface area contributed by atoms with E-state index < -0.39 is 40.4 Å². The molecule has 0 radical (unpaired) electrons. The van der Waals surface area contributed by atoms with Crippen molar-refractivity contribution in [2.75, 3.05) is 11.9 Å². The Morgan fingerprint density at radius 1 is 1.27 bits per heavy atom. The number of carbonyl (C=O) groups is 1. The molecule has 1 aliphatic carbocycles. The van der Waals surface area contributed by atoms with E-state index in [4.69, 9.17) is 10.5 Å². The van der Waals surface area contributed by atoms with Gasteiger partial charge in [-0.15, -0.1) is 0 Å². The predicted molar refractivity (Wildman–Crippen MR) is 100 cm³/mol. The smallest absolute Gasteiger partial charge is 0.254 e. The Morgan fingerprint density at radius 2 is 1.96 bits per heavy atom. The highest BCUT2D eigenvalue weighted by Crippen LogP contribution is 2.38. The number of amides is 1. The molecule has 0 atom stereocenters. The van der Waals surface area contributed by atoms with Crippen LogP contribution in [0, 0.1) is 33.9 Å². The van der Waals surface area contributed by atoms with Gasteiger partial charge in [0, 0.05) is 9.26 Å². The second kappa shape index (κ2) is 7.34. The molecule has 1 aliphatic rings. The van der Waals surface area contributed by atoms with Gasteiger partial charge >= 0.3 is 0 Å². The first-order chi connectivity index (χ1) is 12.3. The molecule has 2 aromatic rings. The summed E-state index contributed by atoms with van der Waals surface area (Å²) in [7, 11) is 0. The van der Waals surface area contributed by atoms with Crippen molar-refractivity contribution < 1.29 is 22.7 Å². The first-order valence-electron chi connectivity index (χ1n) is 7.95. The zero-order chi connectivity index (χ0) is 19.0. The number of halogens is 4. The minimum Gasteiger partial charge on any atom is -0.489 e. The zero-order valence-corrected chi connectivity index (χ0v) is 16.0. The monoisotopic (exact) mass is 476 g/mol. The van der Waals surface area contributed by atoms with E-state index in [1.54, 1.807) is 19.1 Å². The molecular weight excluding hydrogens is 460 g/mol. The molecule has 0 aliphatic heterocycles. The van der Waals surface area contributed by atoms with E-state index in [1.165, 1.54) is 0 Å². The van der Waals surface area contributed by atoms with Crippen LogP contribution in [0.3, 0.4) is 0 Å². The molecule has 0 spiro atoms. The second-order valence-corrected chi connectivity index (χ2v) is 7.47. The largest absolute Gasteiger partial charge is 0.489 e. The number of primary amides is 1. The first-order valence-corrected chi connectivity index (χ1v) is 9.03. The Kier molecular flexibility index (Phi) is 5.31. The van der Waals surface area contributed by atoms with Crippen molar-refractivity contribution in [3.8, 4) is 5.75 Å². The van der Waals surface area contributed by atoms with Crippen LogP contribution >= 0.6 is 22.6 Å². The van der Waals surface area contributed by atoms with Gasteiger partial charge in [0.2, 0.25) is 5.82 Å². The highest BCUT2D eigenvalue weighted by Gasteiger charge is 2.31. The molecule has 8 heteroatoms. The van der Waals surface area contributed by atoms with Gasteiger partial charge in [0.05, 0.1) is 12.3 Å². The number of nitrogens with one attached hydrogen (secondary N) is 1. The lowest BCUT2D eigenvalue weighted by atomic mass is 10.1. The van der Waals surface area contributed by atoms with Gasteiger partial charge in [0.25, 0.3) is 5.91 Å². The summed E-state index contributed by atoms with van der Waals surface area (Å²) in [6.07, 6.45) is 1.81. The van der Waals surface area contributed by atoms with Crippen molar-refractivity contribution in [1.82, 2.24) is 0 Å². The fraction of sp³-hybridized carbons (Fsp3) is 0.278. The average Bonchev–Trinajstić information content (AvgIpc) is 3.40. The van der Waals surface area contributed by atoms with Crippen LogP contribution in [0.25, 0.3) is 0 Å². The normalized spacial score (nSPS) is 13.6. The molecule has 1 fully saturated rings. The van der Waals surface area contributed by atoms with Gasteiger partial charge in [-0.3, -0.25) is 4.79 Å². The second-order valence-electron chi connectivity index (χ2n) is 6.22. The number of ether oxygens (including phenoxy) is 1. The van der Waals surface area contributed by atoms with Gasteiger partial charge in [0.1, 0.15) is 5.56 Å². The molecule has 0 saturated heterocycles. The van der Waals surface area contributed by atoms with Crippen molar-refractivity contribution in [2.45, 2.75) is 19.8 Å². The summed E-state index contributed by atoms with van der Waals surface area (Å²) in [5.41, 5.74) is 5.42. The molecule has 0 bridgehead atoms. The maximum absolute atomic E-state index is 14.4. The lowest BCUT2D eigenvalue weighted by Gasteiger charge is -2.18. The summed E-state index contributed by atoms with van der Waals surface area (Å²) in [5.74, 6) is -6.34. The molecule has 0 aromatic heterocycles. The van der Waals surface area contributed by atoms with E-state index in [-0.39, 0.29) is 12.5 Å². The topological polar surface area (TPSA) is 64.3 Å². The molecule has 0 unspecified atom stereocenters. The lowest BCUT2D eigenvalue weighted by Crippen LogP contribution is -2.19. The van der Waals surface area contributed by atoms with E-state index in [0.29, 0.717) is 5.69 Å². The van der Waals surface area contributed by atoms with Crippen molar-refractivity contribution in [3.63, 3.8) is 0 Å². The van der Waals surface area contributed by atoms with Crippen molar-refractivity contribution in [2.24, 2.45) is 11.7 Å². The standard InChI is InChI=1S/C18H16F3IN2O2/c1-8-6-10(22)4-5-11(8)24-16-12(18(23)25)17(26-7-9-2-3-9)15(21)13(19)14(16)20/h4-6,9,24H,2-3,7H2,1H3,(H2,23,25). The van der Waals surface area contributed by atoms with Crippen LogP contribution in [0.15, 0.2) is 18.2 Å². The molecule has 26 heavy (non-hydrogen) atoms. The van der Waals surface area contributed by atoms with Crippen molar-refractivity contribution in [3.05, 3.63) is 50.3 Å².